The van der Waals surface area contributed by atoms with Gasteiger partial charge in [0.2, 0.25) is 0 Å². The Bertz CT molecular complexity index is 537. The van der Waals surface area contributed by atoms with E-state index in [1.165, 1.54) is 12.1 Å². The number of benzene rings is 1. The summed E-state index contributed by atoms with van der Waals surface area (Å²) in [4.78, 5) is 11.6. The SMILES string of the molecule is Cc1nonc1C(=O)NCCc1ccc(F)cc1. The summed E-state index contributed by atoms with van der Waals surface area (Å²) in [5, 5.41) is 9.72. The molecule has 0 atom stereocenters. The summed E-state index contributed by atoms with van der Waals surface area (Å²) in [6.07, 6.45) is 0.621. The lowest BCUT2D eigenvalue weighted by Gasteiger charge is -2.03. The van der Waals surface area contributed by atoms with Gasteiger partial charge in [0.05, 0.1) is 0 Å². The van der Waals surface area contributed by atoms with E-state index in [9.17, 15) is 9.18 Å². The van der Waals surface area contributed by atoms with E-state index in [0.29, 0.717) is 18.7 Å². The normalized spacial score (nSPS) is 10.3. The summed E-state index contributed by atoms with van der Waals surface area (Å²) in [5.41, 5.74) is 1.59. The van der Waals surface area contributed by atoms with Crippen LogP contribution in [0, 0.1) is 12.7 Å². The van der Waals surface area contributed by atoms with Crippen LogP contribution in [0.5, 0.6) is 0 Å². The summed E-state index contributed by atoms with van der Waals surface area (Å²) in [5.74, 6) is -0.594. The van der Waals surface area contributed by atoms with Crippen LogP contribution in [0.2, 0.25) is 0 Å². The van der Waals surface area contributed by atoms with Gasteiger partial charge in [-0.3, -0.25) is 4.79 Å². The van der Waals surface area contributed by atoms with E-state index in [-0.39, 0.29) is 17.4 Å². The number of amides is 1. The van der Waals surface area contributed by atoms with Crippen molar-refractivity contribution in [1.29, 1.82) is 0 Å². The smallest absolute Gasteiger partial charge is 0.275 e. The van der Waals surface area contributed by atoms with Gasteiger partial charge in [-0.2, -0.15) is 0 Å². The second-order valence-electron chi connectivity index (χ2n) is 3.83. The number of carbonyl (C=O) groups is 1. The second-order valence-corrected chi connectivity index (χ2v) is 3.83. The minimum atomic E-state index is -0.323. The minimum Gasteiger partial charge on any atom is -0.350 e. The van der Waals surface area contributed by atoms with Crippen molar-refractivity contribution in [2.45, 2.75) is 13.3 Å². The van der Waals surface area contributed by atoms with Gasteiger partial charge in [-0.25, -0.2) is 9.02 Å². The molecule has 2 rings (SSSR count). The maximum absolute atomic E-state index is 12.7. The molecule has 0 aliphatic rings. The van der Waals surface area contributed by atoms with Crippen LogP contribution in [0.1, 0.15) is 21.7 Å². The first-order valence-electron chi connectivity index (χ1n) is 5.48. The predicted octanol–water partition coefficient (Wildman–Crippen LogP) is 1.49. The highest BCUT2D eigenvalue weighted by molar-refractivity contribution is 5.92. The number of nitrogens with zero attached hydrogens (tertiary/aromatic N) is 2. The molecule has 5 nitrogen and oxygen atoms in total. The lowest BCUT2D eigenvalue weighted by molar-refractivity contribution is 0.0944. The van der Waals surface area contributed by atoms with Crippen molar-refractivity contribution in [2.75, 3.05) is 6.54 Å². The first-order valence-corrected chi connectivity index (χ1v) is 5.48. The van der Waals surface area contributed by atoms with Crippen molar-refractivity contribution in [1.82, 2.24) is 15.6 Å². The molecule has 0 saturated heterocycles. The quantitative estimate of drug-likeness (QED) is 0.891. The van der Waals surface area contributed by atoms with Crippen LogP contribution in [0.25, 0.3) is 0 Å². The molecule has 0 fully saturated rings. The van der Waals surface area contributed by atoms with Gasteiger partial charge in [0.15, 0.2) is 5.69 Å². The highest BCUT2D eigenvalue weighted by Crippen LogP contribution is 2.03. The lowest BCUT2D eigenvalue weighted by atomic mass is 10.1. The largest absolute Gasteiger partial charge is 0.350 e. The maximum Gasteiger partial charge on any atom is 0.275 e. The number of nitrogens with one attached hydrogen (secondary N) is 1. The molecule has 1 aromatic heterocycles. The molecule has 0 aliphatic heterocycles. The molecule has 2 aromatic rings. The molecule has 1 aromatic carbocycles. The Morgan fingerprint density at radius 2 is 2.06 bits per heavy atom. The van der Waals surface area contributed by atoms with Crippen LogP contribution >= 0.6 is 0 Å². The Hall–Kier alpha value is -2.24. The Morgan fingerprint density at radius 3 is 2.67 bits per heavy atom. The molecular weight excluding hydrogens is 237 g/mol. The highest BCUT2D eigenvalue weighted by atomic mass is 19.1. The van der Waals surface area contributed by atoms with E-state index in [2.05, 4.69) is 20.3 Å². The minimum absolute atomic E-state index is 0.189. The number of aromatic nitrogens is 2. The summed E-state index contributed by atoms with van der Waals surface area (Å²) < 4.78 is 17.1. The fourth-order valence-corrected chi connectivity index (χ4v) is 1.49. The van der Waals surface area contributed by atoms with Crippen molar-refractivity contribution >= 4 is 5.91 Å². The first-order chi connectivity index (χ1) is 8.66. The van der Waals surface area contributed by atoms with Crippen LogP contribution < -0.4 is 5.32 Å². The molecule has 94 valence electrons. The molecule has 0 spiro atoms. The Kier molecular flexibility index (Phi) is 3.66. The van der Waals surface area contributed by atoms with E-state index in [1.807, 2.05) is 0 Å². The average molecular weight is 249 g/mol. The van der Waals surface area contributed by atoms with Crippen LogP contribution in [-0.2, 0) is 6.42 Å². The van der Waals surface area contributed by atoms with Gasteiger partial charge in [0, 0.05) is 6.54 Å². The molecule has 18 heavy (non-hydrogen) atoms. The van der Waals surface area contributed by atoms with E-state index < -0.39 is 0 Å². The third-order valence-corrected chi connectivity index (χ3v) is 2.48. The zero-order valence-electron chi connectivity index (χ0n) is 9.81. The van der Waals surface area contributed by atoms with Crippen LogP contribution in [0.4, 0.5) is 4.39 Å². The van der Waals surface area contributed by atoms with E-state index in [1.54, 1.807) is 19.1 Å². The zero-order chi connectivity index (χ0) is 13.0. The molecule has 0 bridgehead atoms. The van der Waals surface area contributed by atoms with E-state index in [0.717, 1.165) is 5.56 Å². The second kappa shape index (κ2) is 5.39. The van der Waals surface area contributed by atoms with Gasteiger partial charge >= 0.3 is 0 Å². The maximum atomic E-state index is 12.7. The van der Waals surface area contributed by atoms with Crippen LogP contribution in [0.3, 0.4) is 0 Å². The number of aryl methyl sites for hydroxylation is 1. The molecular formula is C12H12FN3O2. The van der Waals surface area contributed by atoms with Gasteiger partial charge in [-0.05, 0) is 36.2 Å². The van der Waals surface area contributed by atoms with Gasteiger partial charge < -0.3 is 5.32 Å². The number of halogens is 1. The van der Waals surface area contributed by atoms with Crippen molar-refractivity contribution in [3.63, 3.8) is 0 Å². The van der Waals surface area contributed by atoms with E-state index in [4.69, 9.17) is 0 Å². The number of hydrogen-bond acceptors (Lipinski definition) is 4. The third-order valence-electron chi connectivity index (χ3n) is 2.48. The number of hydrogen-bond donors (Lipinski definition) is 1. The van der Waals surface area contributed by atoms with Crippen molar-refractivity contribution < 1.29 is 13.8 Å². The zero-order valence-corrected chi connectivity index (χ0v) is 9.81. The number of rotatable bonds is 4. The molecule has 0 aliphatic carbocycles. The topological polar surface area (TPSA) is 68.0 Å². The molecule has 1 heterocycles. The van der Waals surface area contributed by atoms with Crippen molar-refractivity contribution in [2.24, 2.45) is 0 Å². The van der Waals surface area contributed by atoms with Gasteiger partial charge in [0.1, 0.15) is 11.5 Å². The Balaban J connectivity index is 1.84. The van der Waals surface area contributed by atoms with E-state index >= 15 is 0 Å². The standard InChI is InChI=1S/C12H12FN3O2/c1-8-11(16-18-15-8)12(17)14-7-6-9-2-4-10(13)5-3-9/h2-5H,6-7H2,1H3,(H,14,17). The summed E-state index contributed by atoms with van der Waals surface area (Å²) in [6, 6.07) is 6.15. The first kappa shape index (κ1) is 12.2. The Morgan fingerprint density at radius 1 is 1.33 bits per heavy atom. The van der Waals surface area contributed by atoms with Crippen molar-refractivity contribution in [3.05, 3.63) is 47.0 Å². The number of carbonyl (C=O) groups excluding carboxylic acids is 1. The summed E-state index contributed by atoms with van der Waals surface area (Å²) >= 11 is 0. The molecule has 0 saturated carbocycles. The monoisotopic (exact) mass is 249 g/mol. The predicted molar refractivity (Wildman–Crippen MR) is 61.5 cm³/mol. The van der Waals surface area contributed by atoms with Crippen molar-refractivity contribution in [3.8, 4) is 0 Å². The fourth-order valence-electron chi connectivity index (χ4n) is 1.49. The molecule has 6 heteroatoms. The summed E-state index contributed by atoms with van der Waals surface area (Å²) in [6.45, 7) is 2.09. The molecule has 0 radical (unpaired) electrons. The Labute approximate surface area is 103 Å². The average Bonchev–Trinajstić information content (AvgIpc) is 2.78. The fraction of sp³-hybridized carbons (Fsp3) is 0.250. The van der Waals surface area contributed by atoms with Crippen LogP contribution in [-0.4, -0.2) is 22.8 Å². The van der Waals surface area contributed by atoms with Gasteiger partial charge in [-0.1, -0.05) is 17.3 Å². The van der Waals surface area contributed by atoms with Gasteiger partial charge in [-0.15, -0.1) is 0 Å². The highest BCUT2D eigenvalue weighted by Gasteiger charge is 2.13. The molecule has 1 N–H and O–H groups in total. The third kappa shape index (κ3) is 2.91. The summed E-state index contributed by atoms with van der Waals surface area (Å²) in [7, 11) is 0. The van der Waals surface area contributed by atoms with Gasteiger partial charge in [0.25, 0.3) is 5.91 Å². The molecule has 0 unspecified atom stereocenters. The lowest BCUT2D eigenvalue weighted by Crippen LogP contribution is -2.26. The van der Waals surface area contributed by atoms with Crippen LogP contribution in [0.15, 0.2) is 28.9 Å². The molecule has 1 amide bonds.